The number of carbonyl (C=O) groups excluding carboxylic acids is 1. The number of ether oxygens (including phenoxy) is 1. The average molecular weight is 377 g/mol. The number of benzene rings is 1. The van der Waals surface area contributed by atoms with E-state index in [0.29, 0.717) is 12.1 Å². The van der Waals surface area contributed by atoms with E-state index in [0.717, 1.165) is 19.3 Å². The van der Waals surface area contributed by atoms with Crippen molar-refractivity contribution < 1.29 is 17.9 Å². The van der Waals surface area contributed by atoms with Gasteiger partial charge >= 0.3 is 5.97 Å². The fourth-order valence-corrected chi connectivity index (χ4v) is 4.64. The van der Waals surface area contributed by atoms with Crippen LogP contribution < -0.4 is 5.73 Å². The molecule has 1 aromatic carbocycles. The maximum Gasteiger partial charge on any atom is 0.338 e. The Kier molecular flexibility index (Phi) is 7.66. The first-order valence-corrected chi connectivity index (χ1v) is 9.36. The molecule has 0 radical (unpaired) electrons. The number of rotatable bonds is 5. The topological polar surface area (TPSA) is 89.7 Å². The zero-order valence-corrected chi connectivity index (χ0v) is 15.6. The molecule has 1 saturated heterocycles. The van der Waals surface area contributed by atoms with E-state index in [9.17, 15) is 13.2 Å². The van der Waals surface area contributed by atoms with E-state index in [1.54, 1.807) is 6.92 Å². The van der Waals surface area contributed by atoms with E-state index in [1.165, 1.54) is 28.6 Å². The molecule has 8 heteroatoms. The molecule has 0 bridgehead atoms. The molecule has 1 aromatic rings. The molecule has 0 aliphatic carbocycles. The van der Waals surface area contributed by atoms with Crippen LogP contribution in [0.2, 0.25) is 0 Å². The molecule has 136 valence electrons. The van der Waals surface area contributed by atoms with Gasteiger partial charge in [0.05, 0.1) is 17.1 Å². The molecule has 1 aliphatic rings. The van der Waals surface area contributed by atoms with Crippen LogP contribution in [-0.2, 0) is 14.8 Å². The number of nitrogens with two attached hydrogens (primary N) is 1. The molecule has 24 heavy (non-hydrogen) atoms. The van der Waals surface area contributed by atoms with E-state index < -0.39 is 16.0 Å². The second-order valence-electron chi connectivity index (χ2n) is 5.78. The Morgan fingerprint density at radius 1 is 1.33 bits per heavy atom. The number of nitrogens with zero attached hydrogens (tertiary/aromatic N) is 1. The fraction of sp³-hybridized carbons (Fsp3) is 0.562. The van der Waals surface area contributed by atoms with Gasteiger partial charge in [0.15, 0.2) is 0 Å². The highest BCUT2D eigenvalue weighted by atomic mass is 35.5. The Balaban J connectivity index is 0.00000288. The van der Waals surface area contributed by atoms with E-state index in [-0.39, 0.29) is 36.0 Å². The van der Waals surface area contributed by atoms with Gasteiger partial charge in [0, 0.05) is 18.6 Å². The predicted molar refractivity (Wildman–Crippen MR) is 94.8 cm³/mol. The van der Waals surface area contributed by atoms with Crippen LogP contribution in [0.4, 0.5) is 0 Å². The van der Waals surface area contributed by atoms with Crippen molar-refractivity contribution in [1.82, 2.24) is 4.31 Å². The summed E-state index contributed by atoms with van der Waals surface area (Å²) in [5.74, 6) is -0.456. The zero-order valence-electron chi connectivity index (χ0n) is 14.0. The molecule has 1 aliphatic heterocycles. The van der Waals surface area contributed by atoms with Crippen molar-refractivity contribution in [2.75, 3.05) is 13.2 Å². The molecule has 1 heterocycles. The lowest BCUT2D eigenvalue weighted by Crippen LogP contribution is -2.51. The Bertz CT molecular complexity index is 647. The van der Waals surface area contributed by atoms with Gasteiger partial charge < -0.3 is 10.5 Å². The molecule has 1 fully saturated rings. The van der Waals surface area contributed by atoms with Crippen LogP contribution >= 0.6 is 12.4 Å². The summed E-state index contributed by atoms with van der Waals surface area (Å²) in [5.41, 5.74) is 6.30. The van der Waals surface area contributed by atoms with Crippen LogP contribution in [0.1, 0.15) is 43.5 Å². The van der Waals surface area contributed by atoms with Gasteiger partial charge in [0.25, 0.3) is 0 Å². The number of halogens is 1. The first kappa shape index (κ1) is 20.9. The van der Waals surface area contributed by atoms with Crippen molar-refractivity contribution in [3.8, 4) is 0 Å². The summed E-state index contributed by atoms with van der Waals surface area (Å²) in [6.07, 6.45) is 2.60. The number of hydrogen-bond acceptors (Lipinski definition) is 5. The first-order valence-electron chi connectivity index (χ1n) is 7.92. The smallest absolute Gasteiger partial charge is 0.338 e. The molecular formula is C16H25ClN2O4S. The average Bonchev–Trinajstić information content (AvgIpc) is 2.55. The summed E-state index contributed by atoms with van der Waals surface area (Å²) in [5, 5.41) is 0. The minimum atomic E-state index is -3.61. The van der Waals surface area contributed by atoms with Gasteiger partial charge in [-0.2, -0.15) is 4.31 Å². The molecule has 2 N–H and O–H groups in total. The summed E-state index contributed by atoms with van der Waals surface area (Å²) in [7, 11) is -3.61. The summed E-state index contributed by atoms with van der Waals surface area (Å²) in [4.78, 5) is 11.8. The van der Waals surface area contributed by atoms with Crippen LogP contribution in [0.15, 0.2) is 29.2 Å². The lowest BCUT2D eigenvalue weighted by atomic mass is 10.00. The Morgan fingerprint density at radius 3 is 2.50 bits per heavy atom. The quantitative estimate of drug-likeness (QED) is 0.795. The van der Waals surface area contributed by atoms with Gasteiger partial charge in [-0.3, -0.25) is 0 Å². The molecule has 2 atom stereocenters. The lowest BCUT2D eigenvalue weighted by Gasteiger charge is -2.36. The van der Waals surface area contributed by atoms with Crippen LogP contribution in [0.3, 0.4) is 0 Å². The number of hydrogen-bond donors (Lipinski definition) is 1. The maximum atomic E-state index is 12.9. The molecule has 6 nitrogen and oxygen atoms in total. The van der Waals surface area contributed by atoms with Crippen molar-refractivity contribution in [2.24, 2.45) is 5.73 Å². The second-order valence-corrected chi connectivity index (χ2v) is 7.67. The number of esters is 1. The minimum Gasteiger partial charge on any atom is -0.462 e. The Labute approximate surface area is 149 Å². The highest BCUT2D eigenvalue weighted by molar-refractivity contribution is 7.89. The van der Waals surface area contributed by atoms with Gasteiger partial charge in [0.2, 0.25) is 10.0 Å². The van der Waals surface area contributed by atoms with Crippen molar-refractivity contribution >= 4 is 28.4 Å². The van der Waals surface area contributed by atoms with Crippen LogP contribution in [0.5, 0.6) is 0 Å². The molecule has 0 saturated carbocycles. The highest BCUT2D eigenvalue weighted by Gasteiger charge is 2.35. The van der Waals surface area contributed by atoms with Gasteiger partial charge in [0.1, 0.15) is 0 Å². The first-order chi connectivity index (χ1) is 10.9. The van der Waals surface area contributed by atoms with Crippen molar-refractivity contribution in [1.29, 1.82) is 0 Å². The Hall–Kier alpha value is -1.15. The highest BCUT2D eigenvalue weighted by Crippen LogP contribution is 2.26. The Morgan fingerprint density at radius 2 is 1.96 bits per heavy atom. The largest absolute Gasteiger partial charge is 0.462 e. The van der Waals surface area contributed by atoms with Crippen molar-refractivity contribution in [3.63, 3.8) is 0 Å². The maximum absolute atomic E-state index is 12.9. The van der Waals surface area contributed by atoms with Crippen LogP contribution in [0, 0.1) is 0 Å². The van der Waals surface area contributed by atoms with Gasteiger partial charge in [-0.1, -0.05) is 6.42 Å². The molecule has 0 amide bonds. The minimum absolute atomic E-state index is 0. The molecule has 0 spiro atoms. The summed E-state index contributed by atoms with van der Waals surface area (Å²) >= 11 is 0. The second kappa shape index (κ2) is 8.80. The van der Waals surface area contributed by atoms with E-state index in [1.807, 2.05) is 6.92 Å². The summed E-state index contributed by atoms with van der Waals surface area (Å²) in [6.45, 7) is 4.32. The third-order valence-corrected chi connectivity index (χ3v) is 6.02. The van der Waals surface area contributed by atoms with Gasteiger partial charge in [-0.25, -0.2) is 13.2 Å². The van der Waals surface area contributed by atoms with Crippen molar-refractivity contribution in [2.45, 2.75) is 50.1 Å². The predicted octanol–water partition coefficient (Wildman–Crippen LogP) is 2.18. The fourth-order valence-electron chi connectivity index (χ4n) is 2.87. The molecule has 2 unspecified atom stereocenters. The van der Waals surface area contributed by atoms with Crippen LogP contribution in [-0.4, -0.2) is 43.9 Å². The summed E-state index contributed by atoms with van der Waals surface area (Å²) < 4.78 is 32.1. The standard InChI is InChI=1S/C16H24N2O4S.ClH/c1-3-22-16(19)13-7-9-14(10-8-13)23(20,21)18-11-5-4-6-15(18)12(2)17;/h7-10,12,15H,3-6,11,17H2,1-2H3;1H. The van der Waals surface area contributed by atoms with E-state index >= 15 is 0 Å². The zero-order chi connectivity index (χ0) is 17.0. The monoisotopic (exact) mass is 376 g/mol. The van der Waals surface area contributed by atoms with Crippen molar-refractivity contribution in [3.05, 3.63) is 29.8 Å². The molecule has 2 rings (SSSR count). The number of carbonyl (C=O) groups is 1. The number of sulfonamides is 1. The van der Waals surface area contributed by atoms with Gasteiger partial charge in [-0.05, 0) is 51.0 Å². The SMILES string of the molecule is CCOC(=O)c1ccc(S(=O)(=O)N2CCCCC2C(C)N)cc1.Cl. The van der Waals surface area contributed by atoms with Crippen LogP contribution in [0.25, 0.3) is 0 Å². The third kappa shape index (κ3) is 4.47. The number of piperidine rings is 1. The lowest BCUT2D eigenvalue weighted by molar-refractivity contribution is 0.0526. The molecular weight excluding hydrogens is 352 g/mol. The van der Waals surface area contributed by atoms with Gasteiger partial charge in [-0.15, -0.1) is 12.4 Å². The third-order valence-electron chi connectivity index (χ3n) is 4.08. The molecule has 0 aromatic heterocycles. The normalized spacial score (nSPS) is 20.0. The van der Waals surface area contributed by atoms with E-state index in [2.05, 4.69) is 0 Å². The van der Waals surface area contributed by atoms with E-state index in [4.69, 9.17) is 10.5 Å². The summed E-state index contributed by atoms with van der Waals surface area (Å²) in [6, 6.07) is 5.47.